The van der Waals surface area contributed by atoms with Crippen molar-refractivity contribution in [1.82, 2.24) is 10.2 Å². The van der Waals surface area contributed by atoms with Crippen molar-refractivity contribution in [2.24, 2.45) is 0 Å². The molecule has 0 bridgehead atoms. The van der Waals surface area contributed by atoms with E-state index in [2.05, 4.69) is 24.1 Å². The maximum absolute atomic E-state index is 10.7. The first kappa shape index (κ1) is 13.4. The summed E-state index contributed by atoms with van der Waals surface area (Å²) in [5.74, 6) is -0.757. The van der Waals surface area contributed by atoms with Crippen molar-refractivity contribution in [3.63, 3.8) is 0 Å². The van der Waals surface area contributed by atoms with Crippen LogP contribution >= 0.6 is 0 Å². The zero-order valence-corrected chi connectivity index (χ0v) is 9.42. The molecule has 1 atom stereocenters. The summed E-state index contributed by atoms with van der Waals surface area (Å²) in [6.07, 6.45) is 0.633. The van der Waals surface area contributed by atoms with E-state index >= 15 is 0 Å². The van der Waals surface area contributed by atoms with E-state index < -0.39 is 12.0 Å². The van der Waals surface area contributed by atoms with E-state index in [-0.39, 0.29) is 0 Å². The first-order valence-corrected chi connectivity index (χ1v) is 5.34. The smallest absolute Gasteiger partial charge is 0.320 e. The highest BCUT2D eigenvalue weighted by Gasteiger charge is 2.13. The van der Waals surface area contributed by atoms with E-state index in [1.165, 1.54) is 0 Å². The zero-order valence-electron chi connectivity index (χ0n) is 9.42. The number of nitrogens with zero attached hydrogens (tertiary/aromatic N) is 1. The molecular formula is C10H22N2O2. The lowest BCUT2D eigenvalue weighted by molar-refractivity contribution is -0.139. The fourth-order valence-electron chi connectivity index (χ4n) is 1.34. The minimum atomic E-state index is -0.757. The zero-order chi connectivity index (χ0) is 11.0. The number of carboxylic acid groups (broad SMARTS) is 1. The second-order valence-corrected chi connectivity index (χ2v) is 3.28. The number of carboxylic acids is 1. The number of likely N-dealkylation sites (N-methyl/N-ethyl adjacent to an activating group) is 1. The van der Waals surface area contributed by atoms with Gasteiger partial charge in [0, 0.05) is 13.1 Å². The van der Waals surface area contributed by atoms with Gasteiger partial charge in [0.25, 0.3) is 0 Å². The van der Waals surface area contributed by atoms with Crippen LogP contribution in [0.1, 0.15) is 27.2 Å². The van der Waals surface area contributed by atoms with Crippen molar-refractivity contribution in [2.45, 2.75) is 33.2 Å². The summed E-state index contributed by atoms with van der Waals surface area (Å²) in [6.45, 7) is 9.78. The summed E-state index contributed by atoms with van der Waals surface area (Å²) >= 11 is 0. The molecule has 84 valence electrons. The van der Waals surface area contributed by atoms with Crippen LogP contribution in [0, 0.1) is 0 Å². The molecule has 2 N–H and O–H groups in total. The molecule has 0 aliphatic carbocycles. The predicted octanol–water partition coefficient (Wildman–Crippen LogP) is 0.781. The summed E-state index contributed by atoms with van der Waals surface area (Å²) in [5.41, 5.74) is 0. The first-order valence-electron chi connectivity index (χ1n) is 5.34. The summed E-state index contributed by atoms with van der Waals surface area (Å²) in [4.78, 5) is 12.9. The van der Waals surface area contributed by atoms with Gasteiger partial charge in [0.15, 0.2) is 0 Å². The molecule has 1 unspecified atom stereocenters. The minimum absolute atomic E-state index is 0.398. The Labute approximate surface area is 86.3 Å². The molecule has 0 aromatic carbocycles. The number of nitrogens with one attached hydrogen (secondary N) is 1. The van der Waals surface area contributed by atoms with Crippen LogP contribution in [-0.2, 0) is 4.79 Å². The van der Waals surface area contributed by atoms with Crippen LogP contribution in [-0.4, -0.2) is 48.2 Å². The molecule has 0 saturated heterocycles. The van der Waals surface area contributed by atoms with Gasteiger partial charge in [-0.2, -0.15) is 0 Å². The Morgan fingerprint density at radius 2 is 1.93 bits per heavy atom. The molecule has 14 heavy (non-hydrogen) atoms. The van der Waals surface area contributed by atoms with E-state index in [1.54, 1.807) is 0 Å². The van der Waals surface area contributed by atoms with Crippen molar-refractivity contribution in [1.29, 1.82) is 0 Å². The quantitative estimate of drug-likeness (QED) is 0.611. The lowest BCUT2D eigenvalue weighted by Crippen LogP contribution is -2.41. The van der Waals surface area contributed by atoms with E-state index in [9.17, 15) is 4.79 Å². The first-order chi connectivity index (χ1) is 6.65. The van der Waals surface area contributed by atoms with E-state index in [0.717, 1.165) is 26.2 Å². The maximum atomic E-state index is 10.7. The molecule has 4 heteroatoms. The number of rotatable bonds is 8. The van der Waals surface area contributed by atoms with Crippen LogP contribution < -0.4 is 5.32 Å². The summed E-state index contributed by atoms with van der Waals surface area (Å²) < 4.78 is 0. The monoisotopic (exact) mass is 202 g/mol. The molecule has 0 aliphatic rings. The Hall–Kier alpha value is -0.610. The standard InChI is InChI=1S/C10H22N2O2/c1-4-9(10(13)14)11-7-8-12(5-2)6-3/h9,11H,4-8H2,1-3H3,(H,13,14). The third kappa shape index (κ3) is 5.19. The maximum Gasteiger partial charge on any atom is 0.320 e. The van der Waals surface area contributed by atoms with Gasteiger partial charge in [-0.25, -0.2) is 0 Å². The molecule has 0 heterocycles. The van der Waals surface area contributed by atoms with Gasteiger partial charge in [0.2, 0.25) is 0 Å². The highest BCUT2D eigenvalue weighted by Crippen LogP contribution is 1.91. The van der Waals surface area contributed by atoms with Gasteiger partial charge in [0.1, 0.15) is 6.04 Å². The van der Waals surface area contributed by atoms with Crippen LogP contribution in [0.4, 0.5) is 0 Å². The summed E-state index contributed by atoms with van der Waals surface area (Å²) in [6, 6.07) is -0.398. The van der Waals surface area contributed by atoms with Crippen LogP contribution in [0.2, 0.25) is 0 Å². The Kier molecular flexibility index (Phi) is 7.42. The number of hydrogen-bond donors (Lipinski definition) is 2. The molecule has 0 radical (unpaired) electrons. The van der Waals surface area contributed by atoms with Crippen molar-refractivity contribution in [3.8, 4) is 0 Å². The normalized spacial score (nSPS) is 13.1. The van der Waals surface area contributed by atoms with Crippen molar-refractivity contribution in [3.05, 3.63) is 0 Å². The van der Waals surface area contributed by atoms with Crippen molar-refractivity contribution in [2.75, 3.05) is 26.2 Å². The van der Waals surface area contributed by atoms with Gasteiger partial charge in [-0.15, -0.1) is 0 Å². The van der Waals surface area contributed by atoms with Gasteiger partial charge in [-0.1, -0.05) is 20.8 Å². The Balaban J connectivity index is 3.65. The summed E-state index contributed by atoms with van der Waals surface area (Å²) in [5, 5.41) is 11.8. The van der Waals surface area contributed by atoms with Gasteiger partial charge in [0.05, 0.1) is 0 Å². The molecule has 0 aliphatic heterocycles. The Morgan fingerprint density at radius 3 is 2.29 bits per heavy atom. The molecule has 0 amide bonds. The van der Waals surface area contributed by atoms with Crippen molar-refractivity contribution >= 4 is 5.97 Å². The van der Waals surface area contributed by atoms with E-state index in [1.807, 2.05) is 6.92 Å². The molecule has 4 nitrogen and oxygen atoms in total. The Morgan fingerprint density at radius 1 is 1.36 bits per heavy atom. The lowest BCUT2D eigenvalue weighted by atomic mass is 10.2. The molecule has 0 saturated carbocycles. The molecule has 0 spiro atoms. The average Bonchev–Trinajstić information content (AvgIpc) is 2.18. The van der Waals surface area contributed by atoms with Gasteiger partial charge < -0.3 is 15.3 Å². The predicted molar refractivity (Wildman–Crippen MR) is 57.5 cm³/mol. The third-order valence-electron chi connectivity index (χ3n) is 2.42. The van der Waals surface area contributed by atoms with Gasteiger partial charge in [-0.05, 0) is 19.5 Å². The molecule has 0 rings (SSSR count). The second-order valence-electron chi connectivity index (χ2n) is 3.28. The average molecular weight is 202 g/mol. The highest BCUT2D eigenvalue weighted by atomic mass is 16.4. The fourth-order valence-corrected chi connectivity index (χ4v) is 1.34. The lowest BCUT2D eigenvalue weighted by Gasteiger charge is -2.19. The SMILES string of the molecule is CCC(NCCN(CC)CC)C(=O)O. The van der Waals surface area contributed by atoms with Crippen LogP contribution in [0.25, 0.3) is 0 Å². The summed E-state index contributed by atoms with van der Waals surface area (Å²) in [7, 11) is 0. The van der Waals surface area contributed by atoms with Crippen LogP contribution in [0.5, 0.6) is 0 Å². The largest absolute Gasteiger partial charge is 0.480 e. The number of aliphatic carboxylic acids is 1. The minimum Gasteiger partial charge on any atom is -0.480 e. The van der Waals surface area contributed by atoms with Crippen LogP contribution in [0.15, 0.2) is 0 Å². The second kappa shape index (κ2) is 7.76. The fraction of sp³-hybridized carbons (Fsp3) is 0.900. The van der Waals surface area contributed by atoms with Crippen LogP contribution in [0.3, 0.4) is 0 Å². The molecule has 0 aromatic rings. The van der Waals surface area contributed by atoms with Crippen molar-refractivity contribution < 1.29 is 9.90 Å². The Bertz CT molecular complexity index is 158. The van der Waals surface area contributed by atoms with E-state index in [4.69, 9.17) is 5.11 Å². The molecule has 0 aromatic heterocycles. The van der Waals surface area contributed by atoms with Gasteiger partial charge >= 0.3 is 5.97 Å². The number of carbonyl (C=O) groups is 1. The topological polar surface area (TPSA) is 52.6 Å². The highest BCUT2D eigenvalue weighted by molar-refractivity contribution is 5.73. The molecular weight excluding hydrogens is 180 g/mol. The molecule has 0 fully saturated rings. The number of hydrogen-bond acceptors (Lipinski definition) is 3. The third-order valence-corrected chi connectivity index (χ3v) is 2.42. The van der Waals surface area contributed by atoms with E-state index in [0.29, 0.717) is 6.42 Å². The van der Waals surface area contributed by atoms with Gasteiger partial charge in [-0.3, -0.25) is 4.79 Å².